The highest BCUT2D eigenvalue weighted by molar-refractivity contribution is 6.06. The van der Waals surface area contributed by atoms with Crippen LogP contribution in [0.1, 0.15) is 41.3 Å². The molecule has 2 amide bonds. The number of pyridine rings is 2. The summed E-state index contributed by atoms with van der Waals surface area (Å²) in [6.45, 7) is 3.66. The fourth-order valence-electron chi connectivity index (χ4n) is 7.18. The van der Waals surface area contributed by atoms with Crippen LogP contribution < -0.4 is 15.5 Å². The number of rotatable bonds is 2. The summed E-state index contributed by atoms with van der Waals surface area (Å²) in [5.41, 5.74) is 7.92. The van der Waals surface area contributed by atoms with Crippen molar-refractivity contribution in [3.63, 3.8) is 0 Å². The maximum absolute atomic E-state index is 13.1. The summed E-state index contributed by atoms with van der Waals surface area (Å²) in [6, 6.07) is 18.7. The van der Waals surface area contributed by atoms with Gasteiger partial charge in [0.2, 0.25) is 11.8 Å². The van der Waals surface area contributed by atoms with Crippen molar-refractivity contribution in [3.8, 4) is 0 Å². The van der Waals surface area contributed by atoms with E-state index < -0.39 is 5.41 Å². The van der Waals surface area contributed by atoms with Crippen LogP contribution in [0.3, 0.4) is 0 Å². The first-order chi connectivity index (χ1) is 17.9. The van der Waals surface area contributed by atoms with Gasteiger partial charge in [0, 0.05) is 52.5 Å². The molecule has 0 bridgehead atoms. The summed E-state index contributed by atoms with van der Waals surface area (Å²) >= 11 is 0. The van der Waals surface area contributed by atoms with E-state index in [0.29, 0.717) is 31.6 Å². The van der Waals surface area contributed by atoms with E-state index in [-0.39, 0.29) is 17.2 Å². The predicted octanol–water partition coefficient (Wildman–Crippen LogP) is 4.24. The number of carbonyl (C=O) groups excluding carboxylic acids is 2. The molecule has 4 aliphatic rings. The lowest BCUT2D eigenvalue weighted by atomic mass is 9.78. The van der Waals surface area contributed by atoms with Gasteiger partial charge in [-0.2, -0.15) is 0 Å². The first-order valence-electron chi connectivity index (χ1n) is 12.8. The van der Waals surface area contributed by atoms with E-state index >= 15 is 0 Å². The van der Waals surface area contributed by atoms with Crippen molar-refractivity contribution in [3.05, 3.63) is 88.7 Å². The maximum atomic E-state index is 13.1. The van der Waals surface area contributed by atoms with E-state index in [1.807, 2.05) is 24.3 Å². The number of benzene rings is 2. The van der Waals surface area contributed by atoms with Crippen molar-refractivity contribution in [2.24, 2.45) is 0 Å². The van der Waals surface area contributed by atoms with E-state index in [9.17, 15) is 9.59 Å². The number of anilines is 3. The van der Waals surface area contributed by atoms with Gasteiger partial charge in [-0.25, -0.2) is 4.98 Å². The summed E-state index contributed by atoms with van der Waals surface area (Å²) < 4.78 is 0. The minimum Gasteiger partial charge on any atom is -0.364 e. The lowest BCUT2D eigenvalue weighted by molar-refractivity contribution is -0.120. The lowest BCUT2D eigenvalue weighted by Crippen LogP contribution is -2.37. The molecule has 7 heteroatoms. The standard InChI is InChI=1S/C30H25N5O2/c1-29-14-25(36)33-22-5-2-6-24(26(22)29)35(16-29)15-20-8-7-17-10-18-12-30(13-19(18)11-23(17)32-20)21-4-3-9-31-27(21)34-28(30)37/h2-11H,12-16H2,1H3,(H,33,36)(H,31,34,37). The Morgan fingerprint density at radius 2 is 1.84 bits per heavy atom. The van der Waals surface area contributed by atoms with E-state index in [2.05, 4.69) is 57.8 Å². The Morgan fingerprint density at radius 1 is 0.973 bits per heavy atom. The zero-order valence-corrected chi connectivity index (χ0v) is 20.5. The van der Waals surface area contributed by atoms with Crippen LogP contribution in [0.15, 0.2) is 60.8 Å². The Morgan fingerprint density at radius 3 is 2.73 bits per heavy atom. The fourth-order valence-corrected chi connectivity index (χ4v) is 7.18. The topological polar surface area (TPSA) is 87.2 Å². The molecule has 2 N–H and O–H groups in total. The minimum absolute atomic E-state index is 0.0375. The number of amides is 2. The molecule has 7 nitrogen and oxygen atoms in total. The molecule has 0 fully saturated rings. The summed E-state index contributed by atoms with van der Waals surface area (Å²) in [7, 11) is 0. The van der Waals surface area contributed by atoms with Gasteiger partial charge in [-0.1, -0.05) is 25.1 Å². The third kappa shape index (κ3) is 2.82. The zero-order valence-electron chi connectivity index (χ0n) is 20.5. The number of hydrogen-bond donors (Lipinski definition) is 2. The SMILES string of the molecule is CC12CC(=O)Nc3cccc(c31)N(Cc1ccc3cc4c(cc3n1)CC1(C4)C(=O)Nc3ncccc31)C2. The van der Waals surface area contributed by atoms with Crippen LogP contribution in [0.25, 0.3) is 10.9 Å². The van der Waals surface area contributed by atoms with Crippen LogP contribution in [0, 0.1) is 0 Å². The maximum Gasteiger partial charge on any atom is 0.237 e. The van der Waals surface area contributed by atoms with E-state index in [1.165, 1.54) is 22.4 Å². The first kappa shape index (κ1) is 20.9. The second-order valence-electron chi connectivity index (χ2n) is 11.2. The predicted molar refractivity (Wildman–Crippen MR) is 142 cm³/mol. The highest BCUT2D eigenvalue weighted by Gasteiger charge is 2.51. The summed E-state index contributed by atoms with van der Waals surface area (Å²) in [5, 5.41) is 7.12. The Bertz CT molecular complexity index is 1700. The van der Waals surface area contributed by atoms with Crippen LogP contribution in [0.2, 0.25) is 0 Å². The first-order valence-corrected chi connectivity index (χ1v) is 12.8. The quantitative estimate of drug-likeness (QED) is 0.442. The molecule has 0 saturated carbocycles. The number of hydrogen-bond acceptors (Lipinski definition) is 5. The Kier molecular flexibility index (Phi) is 3.92. The lowest BCUT2D eigenvalue weighted by Gasteiger charge is -2.30. The molecule has 8 rings (SSSR count). The van der Waals surface area contributed by atoms with Gasteiger partial charge < -0.3 is 15.5 Å². The monoisotopic (exact) mass is 487 g/mol. The van der Waals surface area contributed by atoms with Crippen LogP contribution in [-0.4, -0.2) is 28.3 Å². The zero-order chi connectivity index (χ0) is 24.9. The summed E-state index contributed by atoms with van der Waals surface area (Å²) in [6.07, 6.45) is 3.57. The van der Waals surface area contributed by atoms with Gasteiger partial charge in [0.05, 0.1) is 23.2 Å². The third-order valence-electron chi connectivity index (χ3n) is 8.75. The number of nitrogens with zero attached hydrogens (tertiary/aromatic N) is 3. The summed E-state index contributed by atoms with van der Waals surface area (Å²) in [4.78, 5) is 37.2. The Labute approximate surface area is 213 Å². The van der Waals surface area contributed by atoms with E-state index in [0.717, 1.165) is 34.4 Å². The van der Waals surface area contributed by atoms with Crippen molar-refractivity contribution in [2.45, 2.75) is 43.6 Å². The highest BCUT2D eigenvalue weighted by atomic mass is 16.2. The molecule has 1 spiro atoms. The molecule has 3 aliphatic heterocycles. The van der Waals surface area contributed by atoms with Gasteiger partial charge in [-0.05, 0) is 60.4 Å². The molecule has 0 radical (unpaired) electrons. The molecule has 2 aromatic heterocycles. The van der Waals surface area contributed by atoms with Gasteiger partial charge in [-0.3, -0.25) is 14.6 Å². The molecule has 2 unspecified atom stereocenters. The molecule has 1 aliphatic carbocycles. The molecule has 2 atom stereocenters. The van der Waals surface area contributed by atoms with Crippen molar-refractivity contribution < 1.29 is 9.59 Å². The molecule has 182 valence electrons. The van der Waals surface area contributed by atoms with Crippen LogP contribution >= 0.6 is 0 Å². The average Bonchev–Trinajstić information content (AvgIpc) is 3.47. The summed E-state index contributed by atoms with van der Waals surface area (Å²) in [5.74, 6) is 0.807. The second kappa shape index (κ2) is 6.94. The fraction of sp³-hybridized carbons (Fsp3) is 0.267. The van der Waals surface area contributed by atoms with Crippen molar-refractivity contribution in [1.29, 1.82) is 0 Å². The molecular weight excluding hydrogens is 462 g/mol. The van der Waals surface area contributed by atoms with Gasteiger partial charge in [0.1, 0.15) is 5.82 Å². The number of fused-ring (bicyclic) bond motifs is 4. The van der Waals surface area contributed by atoms with E-state index in [1.54, 1.807) is 6.20 Å². The molecule has 4 aromatic rings. The van der Waals surface area contributed by atoms with Crippen LogP contribution in [-0.2, 0) is 39.8 Å². The highest BCUT2D eigenvalue weighted by Crippen LogP contribution is 2.50. The normalized spacial score (nSPS) is 24.7. The van der Waals surface area contributed by atoms with Crippen molar-refractivity contribution in [2.75, 3.05) is 22.1 Å². The molecule has 5 heterocycles. The Balaban J connectivity index is 1.13. The van der Waals surface area contributed by atoms with Crippen molar-refractivity contribution in [1.82, 2.24) is 9.97 Å². The van der Waals surface area contributed by atoms with Gasteiger partial charge in [0.15, 0.2) is 0 Å². The van der Waals surface area contributed by atoms with Gasteiger partial charge in [-0.15, -0.1) is 0 Å². The number of carbonyl (C=O) groups is 2. The van der Waals surface area contributed by atoms with Crippen LogP contribution in [0.5, 0.6) is 0 Å². The van der Waals surface area contributed by atoms with Gasteiger partial charge in [0.25, 0.3) is 0 Å². The molecular formula is C30H25N5O2. The smallest absolute Gasteiger partial charge is 0.237 e. The average molecular weight is 488 g/mol. The Hall–Kier alpha value is -4.26. The van der Waals surface area contributed by atoms with Crippen LogP contribution in [0.4, 0.5) is 17.2 Å². The minimum atomic E-state index is -0.578. The van der Waals surface area contributed by atoms with E-state index in [4.69, 9.17) is 4.98 Å². The number of nitrogens with one attached hydrogen (secondary N) is 2. The number of aromatic nitrogens is 2. The third-order valence-corrected chi connectivity index (χ3v) is 8.75. The molecule has 2 aromatic carbocycles. The largest absolute Gasteiger partial charge is 0.364 e. The second-order valence-corrected chi connectivity index (χ2v) is 11.2. The van der Waals surface area contributed by atoms with Gasteiger partial charge >= 0.3 is 0 Å². The molecule has 37 heavy (non-hydrogen) atoms. The van der Waals surface area contributed by atoms with Crippen molar-refractivity contribution >= 4 is 39.9 Å². The molecule has 0 saturated heterocycles.